The first kappa shape index (κ1) is 21.7. The van der Waals surface area contributed by atoms with E-state index in [0.29, 0.717) is 12.3 Å². The summed E-state index contributed by atoms with van der Waals surface area (Å²) in [6.07, 6.45) is 4.61. The van der Waals surface area contributed by atoms with Gasteiger partial charge in [0.25, 0.3) is 0 Å². The highest BCUT2D eigenvalue weighted by Crippen LogP contribution is 2.23. The maximum Gasteiger partial charge on any atom is 0.245 e. The molecule has 27 heavy (non-hydrogen) atoms. The Morgan fingerprint density at radius 3 is 2.41 bits per heavy atom. The molecule has 1 atom stereocenters. The number of nitrogens with zero attached hydrogens (tertiary/aromatic N) is 1. The van der Waals surface area contributed by atoms with Crippen molar-refractivity contribution >= 4 is 23.4 Å². The number of likely N-dealkylation sites (tertiary alicyclic amines) is 1. The number of carbonyl (C=O) groups excluding carboxylic acids is 2. The van der Waals surface area contributed by atoms with E-state index < -0.39 is 11.5 Å². The van der Waals surface area contributed by atoms with Crippen LogP contribution in [0.25, 0.3) is 0 Å². The third-order valence-electron chi connectivity index (χ3n) is 5.42. The maximum absolute atomic E-state index is 13.0. The number of carbonyl (C=O) groups is 2. The molecule has 5 heteroatoms. The van der Waals surface area contributed by atoms with Gasteiger partial charge >= 0.3 is 0 Å². The SMILES string of the molecule is CCCC(NC(=O)C(C)(C)CCl)C(=O)N1CCC(Cc2ccccc2)CC1. The van der Waals surface area contributed by atoms with Crippen molar-refractivity contribution in [3.05, 3.63) is 35.9 Å². The van der Waals surface area contributed by atoms with Crippen molar-refractivity contribution in [2.24, 2.45) is 11.3 Å². The van der Waals surface area contributed by atoms with Gasteiger partial charge in [0, 0.05) is 19.0 Å². The maximum atomic E-state index is 13.0. The average molecular weight is 393 g/mol. The summed E-state index contributed by atoms with van der Waals surface area (Å²) < 4.78 is 0. The monoisotopic (exact) mass is 392 g/mol. The number of halogens is 1. The molecule has 0 aliphatic carbocycles. The first-order chi connectivity index (χ1) is 12.9. The molecule has 0 bridgehead atoms. The second-order valence-corrected chi connectivity index (χ2v) is 8.56. The quantitative estimate of drug-likeness (QED) is 0.679. The predicted octanol–water partition coefficient (Wildman–Crippen LogP) is 4.02. The second kappa shape index (κ2) is 10.1. The van der Waals surface area contributed by atoms with E-state index in [1.807, 2.05) is 17.9 Å². The molecule has 1 unspecified atom stereocenters. The minimum absolute atomic E-state index is 0.0498. The van der Waals surface area contributed by atoms with Gasteiger partial charge in [0.05, 0.1) is 5.41 Å². The normalized spacial score (nSPS) is 16.8. The third kappa shape index (κ3) is 6.24. The van der Waals surface area contributed by atoms with Crippen molar-refractivity contribution in [2.75, 3.05) is 19.0 Å². The molecule has 2 amide bonds. The number of amides is 2. The molecule has 0 saturated carbocycles. The van der Waals surface area contributed by atoms with E-state index in [1.165, 1.54) is 5.56 Å². The van der Waals surface area contributed by atoms with Crippen molar-refractivity contribution in [2.45, 2.75) is 58.9 Å². The Bertz CT molecular complexity index is 610. The van der Waals surface area contributed by atoms with Crippen LogP contribution in [0, 0.1) is 11.3 Å². The number of alkyl halides is 1. The van der Waals surface area contributed by atoms with Gasteiger partial charge in [-0.1, -0.05) is 43.7 Å². The van der Waals surface area contributed by atoms with E-state index >= 15 is 0 Å². The molecular weight excluding hydrogens is 360 g/mol. The molecule has 1 aromatic carbocycles. The highest BCUT2D eigenvalue weighted by molar-refractivity contribution is 6.19. The van der Waals surface area contributed by atoms with Gasteiger partial charge in [-0.2, -0.15) is 0 Å². The minimum atomic E-state index is -0.670. The van der Waals surface area contributed by atoms with E-state index in [4.69, 9.17) is 11.6 Å². The Morgan fingerprint density at radius 1 is 1.22 bits per heavy atom. The number of piperidine rings is 1. The molecule has 1 fully saturated rings. The van der Waals surface area contributed by atoms with Gasteiger partial charge in [-0.05, 0) is 51.0 Å². The van der Waals surface area contributed by atoms with Gasteiger partial charge in [0.15, 0.2) is 0 Å². The second-order valence-electron chi connectivity index (χ2n) is 8.29. The minimum Gasteiger partial charge on any atom is -0.344 e. The Kier molecular flexibility index (Phi) is 8.15. The molecular formula is C22H33ClN2O2. The first-order valence-corrected chi connectivity index (χ1v) is 10.6. The van der Waals surface area contributed by atoms with Crippen molar-refractivity contribution in [1.29, 1.82) is 0 Å². The molecule has 1 aliphatic heterocycles. The highest BCUT2D eigenvalue weighted by Gasteiger charge is 2.33. The van der Waals surface area contributed by atoms with Crippen molar-refractivity contribution in [3.8, 4) is 0 Å². The Labute approximate surface area is 168 Å². The molecule has 2 rings (SSSR count). The van der Waals surface area contributed by atoms with Crippen LogP contribution in [0.5, 0.6) is 0 Å². The summed E-state index contributed by atoms with van der Waals surface area (Å²) >= 11 is 5.90. The zero-order valence-electron chi connectivity index (χ0n) is 16.8. The van der Waals surface area contributed by atoms with Crippen LogP contribution in [0.4, 0.5) is 0 Å². The van der Waals surface area contributed by atoms with Gasteiger partial charge in [0.2, 0.25) is 11.8 Å². The summed E-state index contributed by atoms with van der Waals surface area (Å²) in [4.78, 5) is 27.4. The number of hydrogen-bond acceptors (Lipinski definition) is 2. The van der Waals surface area contributed by atoms with Gasteiger partial charge < -0.3 is 10.2 Å². The topological polar surface area (TPSA) is 49.4 Å². The van der Waals surface area contributed by atoms with E-state index in [0.717, 1.165) is 38.8 Å². The lowest BCUT2D eigenvalue weighted by Gasteiger charge is -2.35. The fourth-order valence-electron chi connectivity index (χ4n) is 3.49. The fourth-order valence-corrected chi connectivity index (χ4v) is 3.61. The first-order valence-electron chi connectivity index (χ1n) is 10.1. The summed E-state index contributed by atoms with van der Waals surface area (Å²) in [6, 6.07) is 10.1. The lowest BCUT2D eigenvalue weighted by Crippen LogP contribution is -2.53. The lowest BCUT2D eigenvalue weighted by molar-refractivity contribution is -0.139. The largest absolute Gasteiger partial charge is 0.344 e. The van der Waals surface area contributed by atoms with Crippen LogP contribution < -0.4 is 5.32 Å². The summed E-state index contributed by atoms with van der Waals surface area (Å²) in [6.45, 7) is 7.18. The van der Waals surface area contributed by atoms with Crippen LogP contribution in [-0.2, 0) is 16.0 Å². The lowest BCUT2D eigenvalue weighted by atomic mass is 9.89. The van der Waals surface area contributed by atoms with Crippen LogP contribution in [0.3, 0.4) is 0 Å². The molecule has 0 radical (unpaired) electrons. The van der Waals surface area contributed by atoms with E-state index in [9.17, 15) is 9.59 Å². The average Bonchev–Trinajstić information content (AvgIpc) is 2.68. The van der Waals surface area contributed by atoms with E-state index in [-0.39, 0.29) is 17.7 Å². The van der Waals surface area contributed by atoms with Crippen LogP contribution in [0.2, 0.25) is 0 Å². The Morgan fingerprint density at radius 2 is 1.85 bits per heavy atom. The summed E-state index contributed by atoms with van der Waals surface area (Å²) in [5.41, 5.74) is 0.693. The number of hydrogen-bond donors (Lipinski definition) is 1. The standard InChI is InChI=1S/C22H33ClN2O2/c1-4-8-19(24-21(27)22(2,3)16-23)20(26)25-13-11-18(12-14-25)15-17-9-6-5-7-10-17/h5-7,9-10,18-19H,4,8,11-16H2,1-3H3,(H,24,27). The van der Waals surface area contributed by atoms with Crippen molar-refractivity contribution in [1.82, 2.24) is 10.2 Å². The summed E-state index contributed by atoms with van der Waals surface area (Å²) in [7, 11) is 0. The number of nitrogens with one attached hydrogen (secondary N) is 1. The zero-order chi connectivity index (χ0) is 19.9. The van der Waals surface area contributed by atoms with Crippen LogP contribution >= 0.6 is 11.6 Å². The molecule has 150 valence electrons. The third-order valence-corrected chi connectivity index (χ3v) is 6.09. The highest BCUT2D eigenvalue weighted by atomic mass is 35.5. The molecule has 1 heterocycles. The van der Waals surface area contributed by atoms with Gasteiger partial charge in [0.1, 0.15) is 6.04 Å². The van der Waals surface area contributed by atoms with Crippen molar-refractivity contribution in [3.63, 3.8) is 0 Å². The molecule has 1 saturated heterocycles. The van der Waals surface area contributed by atoms with Crippen LogP contribution in [0.15, 0.2) is 30.3 Å². The molecule has 0 spiro atoms. The molecule has 0 aromatic heterocycles. The zero-order valence-corrected chi connectivity index (χ0v) is 17.6. The predicted molar refractivity (Wildman–Crippen MR) is 111 cm³/mol. The number of rotatable bonds is 8. The number of benzene rings is 1. The van der Waals surface area contributed by atoms with Gasteiger partial charge in [-0.15, -0.1) is 11.6 Å². The molecule has 4 nitrogen and oxygen atoms in total. The van der Waals surface area contributed by atoms with E-state index in [2.05, 4.69) is 29.6 Å². The van der Waals surface area contributed by atoms with Crippen molar-refractivity contribution < 1.29 is 9.59 Å². The smallest absolute Gasteiger partial charge is 0.245 e. The van der Waals surface area contributed by atoms with E-state index in [1.54, 1.807) is 13.8 Å². The van der Waals surface area contributed by atoms with Gasteiger partial charge in [-0.25, -0.2) is 0 Å². The summed E-state index contributed by atoms with van der Waals surface area (Å²) in [5, 5.41) is 2.94. The fraction of sp³-hybridized carbons (Fsp3) is 0.636. The Hall–Kier alpha value is -1.55. The van der Waals surface area contributed by atoms with Crippen LogP contribution in [0.1, 0.15) is 52.0 Å². The molecule has 1 aliphatic rings. The molecule has 1 aromatic rings. The van der Waals surface area contributed by atoms with Crippen LogP contribution in [-0.4, -0.2) is 41.7 Å². The van der Waals surface area contributed by atoms with Gasteiger partial charge in [-0.3, -0.25) is 9.59 Å². The Balaban J connectivity index is 1.90. The summed E-state index contributed by atoms with van der Waals surface area (Å²) in [5.74, 6) is 0.749. The molecule has 1 N–H and O–H groups in total.